The highest BCUT2D eigenvalue weighted by atomic mass is 16.3. The molecule has 1 aromatic carbocycles. The second-order valence-corrected chi connectivity index (χ2v) is 8.74. The predicted molar refractivity (Wildman–Crippen MR) is 112 cm³/mol. The minimum absolute atomic E-state index is 0.0638. The molecule has 0 saturated carbocycles. The van der Waals surface area contributed by atoms with Gasteiger partial charge in [0.1, 0.15) is 0 Å². The van der Waals surface area contributed by atoms with E-state index in [4.69, 9.17) is 4.42 Å². The van der Waals surface area contributed by atoms with Gasteiger partial charge in [-0.25, -0.2) is 4.68 Å². The van der Waals surface area contributed by atoms with E-state index in [0.29, 0.717) is 18.8 Å². The molecular weight excluding hydrogens is 380 g/mol. The first-order valence-corrected chi connectivity index (χ1v) is 10.3. The Morgan fingerprint density at radius 2 is 1.77 bits per heavy atom. The van der Waals surface area contributed by atoms with E-state index in [1.54, 1.807) is 12.1 Å². The van der Waals surface area contributed by atoms with E-state index in [1.165, 1.54) is 11.8 Å². The number of furan rings is 1. The molecule has 0 radical (unpaired) electrons. The van der Waals surface area contributed by atoms with Crippen molar-refractivity contribution in [2.45, 2.75) is 39.3 Å². The van der Waals surface area contributed by atoms with Gasteiger partial charge in [0.15, 0.2) is 11.6 Å². The van der Waals surface area contributed by atoms with Crippen LogP contribution in [-0.4, -0.2) is 62.1 Å². The molecule has 30 heavy (non-hydrogen) atoms. The highest BCUT2D eigenvalue weighted by Gasteiger charge is 2.34. The molecule has 3 aromatic rings. The molecule has 0 spiro atoms. The van der Waals surface area contributed by atoms with Gasteiger partial charge in [-0.2, -0.15) is 0 Å². The summed E-state index contributed by atoms with van der Waals surface area (Å²) in [7, 11) is 0. The highest BCUT2D eigenvalue weighted by molar-refractivity contribution is 5.91. The predicted octanol–water partition coefficient (Wildman–Crippen LogP) is 2.88. The van der Waals surface area contributed by atoms with Crippen molar-refractivity contribution >= 4 is 5.91 Å². The van der Waals surface area contributed by atoms with Gasteiger partial charge in [-0.15, -0.1) is 5.10 Å². The number of rotatable bonds is 4. The van der Waals surface area contributed by atoms with Gasteiger partial charge in [0.2, 0.25) is 0 Å². The van der Waals surface area contributed by atoms with Crippen LogP contribution in [0.3, 0.4) is 0 Å². The van der Waals surface area contributed by atoms with Crippen LogP contribution >= 0.6 is 0 Å². The fraction of sp³-hybridized carbons (Fsp3) is 0.455. The summed E-state index contributed by atoms with van der Waals surface area (Å²) in [6.45, 7) is 11.1. The van der Waals surface area contributed by atoms with E-state index < -0.39 is 0 Å². The van der Waals surface area contributed by atoms with E-state index in [2.05, 4.69) is 72.4 Å². The zero-order chi connectivity index (χ0) is 21.3. The minimum atomic E-state index is -0.237. The van der Waals surface area contributed by atoms with Crippen LogP contribution in [-0.2, 0) is 5.54 Å². The standard InChI is InChI=1S/C22H28N6O2/c1-16-7-9-17(10-8-16)19(20-23-24-25-28(20)22(2,3)4)26-11-13-27(14-12-26)21(29)18-6-5-15-30-18/h5-10,15,19H,11-14H2,1-4H3/t19-/m0/s1. The van der Waals surface area contributed by atoms with Crippen molar-refractivity contribution in [3.8, 4) is 0 Å². The molecule has 1 aliphatic heterocycles. The van der Waals surface area contributed by atoms with Crippen molar-refractivity contribution in [2.75, 3.05) is 26.2 Å². The number of aromatic nitrogens is 4. The zero-order valence-corrected chi connectivity index (χ0v) is 17.9. The fourth-order valence-corrected chi connectivity index (χ4v) is 3.85. The Kier molecular flexibility index (Phi) is 5.42. The Bertz CT molecular complexity index is 980. The Morgan fingerprint density at radius 1 is 1.07 bits per heavy atom. The molecule has 0 N–H and O–H groups in total. The van der Waals surface area contributed by atoms with Crippen LogP contribution in [0, 0.1) is 6.92 Å². The molecule has 0 unspecified atom stereocenters. The van der Waals surface area contributed by atoms with Gasteiger partial charge in [-0.05, 0) is 55.8 Å². The van der Waals surface area contributed by atoms with Crippen molar-refractivity contribution in [1.29, 1.82) is 0 Å². The highest BCUT2D eigenvalue weighted by Crippen LogP contribution is 2.30. The minimum Gasteiger partial charge on any atom is -0.459 e. The molecule has 4 rings (SSSR count). The van der Waals surface area contributed by atoms with Gasteiger partial charge in [-0.3, -0.25) is 9.69 Å². The second kappa shape index (κ2) is 8.02. The molecule has 1 atom stereocenters. The average molecular weight is 409 g/mol. The second-order valence-electron chi connectivity index (χ2n) is 8.74. The first-order valence-electron chi connectivity index (χ1n) is 10.3. The number of tetrazole rings is 1. The number of piperazine rings is 1. The van der Waals surface area contributed by atoms with Crippen molar-refractivity contribution in [3.63, 3.8) is 0 Å². The van der Waals surface area contributed by atoms with Crippen molar-refractivity contribution in [3.05, 3.63) is 65.4 Å². The summed E-state index contributed by atoms with van der Waals surface area (Å²) in [5.74, 6) is 1.14. The summed E-state index contributed by atoms with van der Waals surface area (Å²) in [6.07, 6.45) is 1.53. The number of hydrogen-bond donors (Lipinski definition) is 0. The molecule has 8 nitrogen and oxygen atoms in total. The Balaban J connectivity index is 1.61. The van der Waals surface area contributed by atoms with E-state index >= 15 is 0 Å². The lowest BCUT2D eigenvalue weighted by Crippen LogP contribution is -2.50. The maximum absolute atomic E-state index is 12.6. The third kappa shape index (κ3) is 4.00. The van der Waals surface area contributed by atoms with E-state index in [1.807, 2.05) is 9.58 Å². The van der Waals surface area contributed by atoms with Crippen molar-refractivity contribution < 1.29 is 9.21 Å². The number of carbonyl (C=O) groups is 1. The third-order valence-corrected chi connectivity index (χ3v) is 5.47. The summed E-state index contributed by atoms with van der Waals surface area (Å²) in [6, 6.07) is 11.9. The molecular formula is C22H28N6O2. The number of nitrogens with zero attached hydrogens (tertiary/aromatic N) is 6. The van der Waals surface area contributed by atoms with Crippen LogP contribution in [0.1, 0.15) is 54.3 Å². The fourth-order valence-electron chi connectivity index (χ4n) is 3.85. The molecule has 158 valence electrons. The zero-order valence-electron chi connectivity index (χ0n) is 17.9. The monoisotopic (exact) mass is 408 g/mol. The molecule has 0 aliphatic carbocycles. The maximum atomic E-state index is 12.6. The van der Waals surface area contributed by atoms with E-state index in [-0.39, 0.29) is 17.5 Å². The lowest BCUT2D eigenvalue weighted by atomic mass is 10.0. The van der Waals surface area contributed by atoms with Gasteiger partial charge in [0, 0.05) is 26.2 Å². The number of amides is 1. The molecule has 1 fully saturated rings. The van der Waals surface area contributed by atoms with Crippen LogP contribution in [0.5, 0.6) is 0 Å². The van der Waals surface area contributed by atoms with Crippen molar-refractivity contribution in [2.24, 2.45) is 0 Å². The van der Waals surface area contributed by atoms with Crippen LogP contribution in [0.25, 0.3) is 0 Å². The molecule has 0 bridgehead atoms. The summed E-state index contributed by atoms with van der Waals surface area (Å²) >= 11 is 0. The van der Waals surface area contributed by atoms with E-state index in [9.17, 15) is 4.79 Å². The lowest BCUT2D eigenvalue weighted by molar-refractivity contribution is 0.0556. The average Bonchev–Trinajstić information content (AvgIpc) is 3.42. The smallest absolute Gasteiger partial charge is 0.289 e. The van der Waals surface area contributed by atoms with Gasteiger partial charge < -0.3 is 9.32 Å². The van der Waals surface area contributed by atoms with Gasteiger partial charge in [0.05, 0.1) is 17.8 Å². The quantitative estimate of drug-likeness (QED) is 0.660. The molecule has 3 heterocycles. The van der Waals surface area contributed by atoms with Gasteiger partial charge >= 0.3 is 0 Å². The molecule has 8 heteroatoms. The molecule has 1 saturated heterocycles. The lowest BCUT2D eigenvalue weighted by Gasteiger charge is -2.39. The summed E-state index contributed by atoms with van der Waals surface area (Å²) < 4.78 is 7.18. The summed E-state index contributed by atoms with van der Waals surface area (Å²) in [5, 5.41) is 12.7. The van der Waals surface area contributed by atoms with Crippen LogP contribution < -0.4 is 0 Å². The van der Waals surface area contributed by atoms with Crippen molar-refractivity contribution in [1.82, 2.24) is 30.0 Å². The number of carbonyl (C=O) groups excluding carboxylic acids is 1. The topological polar surface area (TPSA) is 80.3 Å². The number of hydrogen-bond acceptors (Lipinski definition) is 6. The summed E-state index contributed by atoms with van der Waals surface area (Å²) in [4.78, 5) is 16.8. The van der Waals surface area contributed by atoms with Crippen LogP contribution in [0.15, 0.2) is 47.1 Å². The molecule has 2 aromatic heterocycles. The first kappa shape index (κ1) is 20.3. The first-order chi connectivity index (χ1) is 14.3. The number of benzene rings is 1. The Labute approximate surface area is 176 Å². The SMILES string of the molecule is Cc1ccc([C@@H](c2nnnn2C(C)(C)C)N2CCN(C(=O)c3ccco3)CC2)cc1. The molecule has 1 aliphatic rings. The van der Waals surface area contributed by atoms with Crippen LogP contribution in [0.2, 0.25) is 0 Å². The number of aryl methyl sites for hydroxylation is 1. The van der Waals surface area contributed by atoms with Gasteiger partial charge in [0.25, 0.3) is 5.91 Å². The third-order valence-electron chi connectivity index (χ3n) is 5.47. The Morgan fingerprint density at radius 3 is 2.37 bits per heavy atom. The van der Waals surface area contributed by atoms with E-state index in [0.717, 1.165) is 24.5 Å². The largest absolute Gasteiger partial charge is 0.459 e. The normalized spacial score (nSPS) is 16.6. The molecule has 1 amide bonds. The van der Waals surface area contributed by atoms with Gasteiger partial charge in [-0.1, -0.05) is 29.8 Å². The van der Waals surface area contributed by atoms with Crippen LogP contribution in [0.4, 0.5) is 0 Å². The Hall–Kier alpha value is -3.00. The maximum Gasteiger partial charge on any atom is 0.289 e. The summed E-state index contributed by atoms with van der Waals surface area (Å²) in [5.41, 5.74) is 2.12.